The number of carbonyl (C=O) groups excluding carboxylic acids is 2. The Labute approximate surface area is 268 Å². The number of piperidine rings is 1. The highest BCUT2D eigenvalue weighted by Crippen LogP contribution is 2.37. The molecule has 4 aromatic heterocycles. The van der Waals surface area contributed by atoms with E-state index in [1.807, 2.05) is 24.8 Å². The summed E-state index contributed by atoms with van der Waals surface area (Å²) < 4.78 is 30.6. The maximum Gasteiger partial charge on any atom is 0.269 e. The number of nitrogens with one attached hydrogen (secondary N) is 1. The second kappa shape index (κ2) is 12.7. The van der Waals surface area contributed by atoms with Crippen LogP contribution in [0.25, 0.3) is 22.5 Å². The summed E-state index contributed by atoms with van der Waals surface area (Å²) in [7, 11) is 0. The minimum absolute atomic E-state index is 0.00295. The molecular formula is C33H33F2N9O3. The smallest absolute Gasteiger partial charge is 0.269 e. The van der Waals surface area contributed by atoms with Gasteiger partial charge in [-0.25, -0.2) is 18.3 Å². The van der Waals surface area contributed by atoms with Gasteiger partial charge in [0.25, 0.3) is 17.9 Å². The molecule has 1 aromatic carbocycles. The number of nitrogens with zero attached hydrogens (tertiary/aromatic N) is 7. The topological polar surface area (TPSA) is 153 Å². The molecule has 14 heteroatoms. The van der Waals surface area contributed by atoms with Crippen LogP contribution in [0.2, 0.25) is 0 Å². The molecule has 5 heterocycles. The van der Waals surface area contributed by atoms with Crippen molar-refractivity contribution in [1.82, 2.24) is 34.5 Å². The van der Waals surface area contributed by atoms with Gasteiger partial charge in [0.05, 0.1) is 0 Å². The summed E-state index contributed by atoms with van der Waals surface area (Å²) in [5.74, 6) is -0.316. The summed E-state index contributed by atoms with van der Waals surface area (Å²) in [5, 5.41) is 14.7. The predicted octanol–water partition coefficient (Wildman–Crippen LogP) is 4.78. The summed E-state index contributed by atoms with van der Waals surface area (Å²) in [6, 6.07) is 14.5. The fourth-order valence-corrected chi connectivity index (χ4v) is 6.09. The molecule has 12 nitrogen and oxygen atoms in total. The van der Waals surface area contributed by atoms with E-state index in [9.17, 15) is 23.2 Å². The molecule has 0 radical (unpaired) electrons. The number of alkyl halides is 2. The first-order valence-electron chi connectivity index (χ1n) is 15.2. The van der Waals surface area contributed by atoms with Crippen LogP contribution < -0.4 is 16.6 Å². The van der Waals surface area contributed by atoms with Gasteiger partial charge in [0.2, 0.25) is 5.91 Å². The maximum atomic E-state index is 14.0. The highest BCUT2D eigenvalue weighted by molar-refractivity contribution is 6.04. The zero-order valence-corrected chi connectivity index (χ0v) is 26.0. The van der Waals surface area contributed by atoms with E-state index in [4.69, 9.17) is 5.73 Å². The third kappa shape index (κ3) is 5.93. The summed E-state index contributed by atoms with van der Waals surface area (Å²) >= 11 is 0. The fourth-order valence-electron chi connectivity index (χ4n) is 6.09. The SMILES string of the molecule is Cc1c(C(F)F)cc(C(=O)Nc2ccc(-c3cc(C4CCN(C(=O)C(C)C)CC4)n4nnnc(N)c34)cc2)c(=O)n1-c1ccccn1. The van der Waals surface area contributed by atoms with Crippen LogP contribution in [-0.2, 0) is 4.79 Å². The summed E-state index contributed by atoms with van der Waals surface area (Å²) in [6.07, 6.45) is 0.0323. The molecule has 0 atom stereocenters. The molecule has 0 spiro atoms. The minimum atomic E-state index is -2.92. The van der Waals surface area contributed by atoms with E-state index in [1.54, 1.807) is 40.9 Å². The van der Waals surface area contributed by atoms with E-state index < -0.39 is 29.0 Å². The van der Waals surface area contributed by atoms with Crippen LogP contribution >= 0.6 is 0 Å². The summed E-state index contributed by atoms with van der Waals surface area (Å²) in [5.41, 5.74) is 7.97. The van der Waals surface area contributed by atoms with Gasteiger partial charge < -0.3 is 16.0 Å². The number of rotatable bonds is 7. The number of amides is 2. The highest BCUT2D eigenvalue weighted by atomic mass is 19.3. The number of aromatic nitrogens is 6. The number of likely N-dealkylation sites (tertiary alicyclic amines) is 1. The average molecular weight is 642 g/mol. The lowest BCUT2D eigenvalue weighted by Gasteiger charge is -2.32. The van der Waals surface area contributed by atoms with Crippen molar-refractivity contribution in [3.8, 4) is 16.9 Å². The van der Waals surface area contributed by atoms with Crippen LogP contribution in [0.4, 0.5) is 20.3 Å². The molecule has 1 aliphatic heterocycles. The first-order valence-corrected chi connectivity index (χ1v) is 15.2. The van der Waals surface area contributed by atoms with E-state index in [0.717, 1.165) is 40.3 Å². The Balaban J connectivity index is 1.28. The van der Waals surface area contributed by atoms with Gasteiger partial charge in [-0.1, -0.05) is 32.0 Å². The number of hydrogen-bond donors (Lipinski definition) is 2. The van der Waals surface area contributed by atoms with Crippen LogP contribution in [0.3, 0.4) is 0 Å². The number of carbonyl (C=O) groups is 2. The second-order valence-electron chi connectivity index (χ2n) is 11.8. The number of fused-ring (bicyclic) bond motifs is 1. The Morgan fingerprint density at radius 1 is 1.04 bits per heavy atom. The van der Waals surface area contributed by atoms with Gasteiger partial charge >= 0.3 is 0 Å². The van der Waals surface area contributed by atoms with Crippen molar-refractivity contribution >= 4 is 28.8 Å². The molecule has 0 bridgehead atoms. The Kier molecular flexibility index (Phi) is 8.50. The first-order chi connectivity index (χ1) is 22.5. The van der Waals surface area contributed by atoms with Crippen molar-refractivity contribution < 1.29 is 18.4 Å². The Morgan fingerprint density at radius 3 is 2.40 bits per heavy atom. The van der Waals surface area contributed by atoms with Crippen molar-refractivity contribution in [3.05, 3.63) is 93.7 Å². The normalized spacial score (nSPS) is 13.9. The molecular weight excluding hydrogens is 608 g/mol. The van der Waals surface area contributed by atoms with E-state index in [1.165, 1.54) is 19.2 Å². The minimum Gasteiger partial charge on any atom is -0.380 e. The molecule has 1 fully saturated rings. The molecule has 1 aliphatic rings. The molecule has 0 saturated carbocycles. The summed E-state index contributed by atoms with van der Waals surface area (Å²) in [4.78, 5) is 45.2. The Morgan fingerprint density at radius 2 is 1.77 bits per heavy atom. The van der Waals surface area contributed by atoms with Crippen molar-refractivity contribution in [2.75, 3.05) is 24.1 Å². The molecule has 5 aromatic rings. The third-order valence-corrected chi connectivity index (χ3v) is 8.55. The lowest BCUT2D eigenvalue weighted by molar-refractivity contribution is -0.135. The molecule has 3 N–H and O–H groups in total. The Hall–Kier alpha value is -5.53. The first kappa shape index (κ1) is 31.5. The standard InChI is InChI=1S/C33H33F2N9O3/c1-18(2)32(46)42-14-11-21(12-15-42)26-17-24(28-30(36)39-40-41-44(26)28)20-7-9-22(10-8-20)38-31(45)25-16-23(29(34)35)19(3)43(33(25)47)27-6-4-5-13-37-27/h4-10,13,16-18,21,29H,11-12,14-15H2,1-3H3,(H,38,45)(H2,36,39,41). The van der Waals surface area contributed by atoms with E-state index in [2.05, 4.69) is 25.8 Å². The maximum absolute atomic E-state index is 14.0. The zero-order chi connectivity index (χ0) is 33.4. The number of hydrogen-bond acceptors (Lipinski definition) is 8. The van der Waals surface area contributed by atoms with Crippen molar-refractivity contribution in [2.24, 2.45) is 5.92 Å². The molecule has 6 rings (SSSR count). The van der Waals surface area contributed by atoms with Gasteiger partial charge in [0, 0.05) is 59.3 Å². The molecule has 0 aliphatic carbocycles. The third-order valence-electron chi connectivity index (χ3n) is 8.55. The van der Waals surface area contributed by atoms with Crippen LogP contribution in [0.1, 0.15) is 66.3 Å². The van der Waals surface area contributed by atoms with Crippen LogP contribution in [0, 0.1) is 12.8 Å². The lowest BCUT2D eigenvalue weighted by atomic mass is 9.92. The van der Waals surface area contributed by atoms with E-state index in [-0.39, 0.29) is 35.1 Å². The molecule has 47 heavy (non-hydrogen) atoms. The molecule has 0 unspecified atom stereocenters. The fraction of sp³-hybridized carbons (Fsp3) is 0.303. The van der Waals surface area contributed by atoms with Crippen LogP contribution in [0.15, 0.2) is 65.6 Å². The summed E-state index contributed by atoms with van der Waals surface area (Å²) in [6.45, 7) is 6.46. The largest absolute Gasteiger partial charge is 0.380 e. The number of nitrogen functional groups attached to an aromatic ring is 1. The number of benzene rings is 1. The monoisotopic (exact) mass is 641 g/mol. The van der Waals surface area contributed by atoms with E-state index >= 15 is 0 Å². The van der Waals surface area contributed by atoms with Gasteiger partial charge in [-0.05, 0) is 72.2 Å². The molecule has 2 amide bonds. The van der Waals surface area contributed by atoms with Crippen LogP contribution in [0.5, 0.6) is 0 Å². The second-order valence-corrected chi connectivity index (χ2v) is 11.8. The van der Waals surface area contributed by atoms with Gasteiger partial charge in [-0.15, -0.1) is 5.10 Å². The van der Waals surface area contributed by atoms with E-state index in [0.29, 0.717) is 24.3 Å². The number of pyridine rings is 2. The quantitative estimate of drug-likeness (QED) is 0.258. The predicted molar refractivity (Wildman–Crippen MR) is 172 cm³/mol. The number of anilines is 2. The highest BCUT2D eigenvalue weighted by Gasteiger charge is 2.29. The van der Waals surface area contributed by atoms with Crippen LogP contribution in [-0.4, -0.2) is 59.4 Å². The molecule has 1 saturated heterocycles. The Bertz CT molecular complexity index is 2020. The van der Waals surface area contributed by atoms with Crippen molar-refractivity contribution in [1.29, 1.82) is 0 Å². The lowest BCUT2D eigenvalue weighted by Crippen LogP contribution is -2.40. The van der Waals surface area contributed by atoms with Gasteiger partial charge in [-0.3, -0.25) is 19.0 Å². The zero-order valence-electron chi connectivity index (χ0n) is 26.0. The van der Waals surface area contributed by atoms with Crippen molar-refractivity contribution in [3.63, 3.8) is 0 Å². The van der Waals surface area contributed by atoms with Crippen molar-refractivity contribution in [2.45, 2.75) is 46.0 Å². The number of halogens is 2. The van der Waals surface area contributed by atoms with Gasteiger partial charge in [0.15, 0.2) is 5.82 Å². The van der Waals surface area contributed by atoms with Gasteiger partial charge in [-0.2, -0.15) is 0 Å². The average Bonchev–Trinajstić information content (AvgIpc) is 3.46. The molecule has 242 valence electrons. The van der Waals surface area contributed by atoms with Gasteiger partial charge in [0.1, 0.15) is 16.9 Å². The number of nitrogens with two attached hydrogens (primary N) is 1.